The molecule has 0 aliphatic carbocycles. The normalized spacial score (nSPS) is 25.3. The zero-order valence-electron chi connectivity index (χ0n) is 12.2. The molecule has 124 valence electrons. The van der Waals surface area contributed by atoms with E-state index in [0.29, 0.717) is 13.1 Å². The van der Waals surface area contributed by atoms with Gasteiger partial charge in [-0.3, -0.25) is 0 Å². The highest BCUT2D eigenvalue weighted by Gasteiger charge is 2.45. The fourth-order valence-corrected chi connectivity index (χ4v) is 5.99. The first-order valence-electron chi connectivity index (χ1n) is 6.85. The summed E-state index contributed by atoms with van der Waals surface area (Å²) in [4.78, 5) is 11.9. The number of nitrogens with one attached hydrogen (secondary N) is 1. The molecule has 3 rings (SSSR count). The van der Waals surface area contributed by atoms with Crippen LogP contribution >= 0.6 is 23.7 Å². The maximum absolute atomic E-state index is 12.8. The van der Waals surface area contributed by atoms with Gasteiger partial charge in [-0.2, -0.15) is 4.31 Å². The van der Waals surface area contributed by atoms with Gasteiger partial charge in [-0.05, 0) is 36.2 Å². The Morgan fingerprint density at radius 2 is 2.23 bits per heavy atom. The average Bonchev–Trinajstić information content (AvgIpc) is 3.19. The zero-order valence-corrected chi connectivity index (χ0v) is 14.7. The number of rotatable bonds is 3. The van der Waals surface area contributed by atoms with Gasteiger partial charge in [-0.25, -0.2) is 13.2 Å². The van der Waals surface area contributed by atoms with E-state index in [2.05, 4.69) is 10.1 Å². The Kier molecular flexibility index (Phi) is 5.18. The maximum Gasteiger partial charge on any atom is 0.349 e. The molecule has 2 fully saturated rings. The highest BCUT2D eigenvalue weighted by Crippen LogP contribution is 2.39. The lowest BCUT2D eigenvalue weighted by molar-refractivity contribution is 0.0602. The Morgan fingerprint density at radius 3 is 2.86 bits per heavy atom. The van der Waals surface area contributed by atoms with Crippen molar-refractivity contribution in [2.45, 2.75) is 17.7 Å². The van der Waals surface area contributed by atoms with E-state index in [4.69, 9.17) is 0 Å². The smallest absolute Gasteiger partial charge is 0.349 e. The Balaban J connectivity index is 0.00000176. The molecule has 1 aromatic rings. The summed E-state index contributed by atoms with van der Waals surface area (Å²) in [5.41, 5.74) is 0.0640. The summed E-state index contributed by atoms with van der Waals surface area (Å²) in [5.74, 6) is -0.597. The lowest BCUT2D eigenvalue weighted by Crippen LogP contribution is -2.33. The minimum Gasteiger partial charge on any atom is -0.465 e. The maximum atomic E-state index is 12.8. The molecule has 0 saturated carbocycles. The van der Waals surface area contributed by atoms with Crippen LogP contribution in [-0.4, -0.2) is 52.0 Å². The van der Waals surface area contributed by atoms with Crippen LogP contribution in [0.3, 0.4) is 0 Å². The van der Waals surface area contributed by atoms with Crippen molar-refractivity contribution in [2.24, 2.45) is 5.41 Å². The van der Waals surface area contributed by atoms with E-state index >= 15 is 0 Å². The van der Waals surface area contributed by atoms with Gasteiger partial charge in [0.2, 0.25) is 10.0 Å². The molecule has 2 aliphatic rings. The summed E-state index contributed by atoms with van der Waals surface area (Å²) in [7, 11) is -2.37. The molecule has 1 N–H and O–H groups in total. The van der Waals surface area contributed by atoms with Crippen molar-refractivity contribution in [3.05, 3.63) is 16.3 Å². The van der Waals surface area contributed by atoms with Crippen molar-refractivity contribution in [1.29, 1.82) is 0 Å². The van der Waals surface area contributed by atoms with Crippen LogP contribution in [0.4, 0.5) is 0 Å². The lowest BCUT2D eigenvalue weighted by atomic mass is 9.87. The summed E-state index contributed by atoms with van der Waals surface area (Å²) < 4.78 is 31.7. The van der Waals surface area contributed by atoms with Gasteiger partial charge in [-0.15, -0.1) is 23.7 Å². The van der Waals surface area contributed by atoms with Crippen molar-refractivity contribution in [2.75, 3.05) is 33.3 Å². The first-order chi connectivity index (χ1) is 9.98. The van der Waals surface area contributed by atoms with Crippen LogP contribution in [0.25, 0.3) is 0 Å². The quantitative estimate of drug-likeness (QED) is 0.817. The van der Waals surface area contributed by atoms with E-state index < -0.39 is 16.0 Å². The zero-order chi connectivity index (χ0) is 15.1. The topological polar surface area (TPSA) is 75.7 Å². The molecule has 1 aromatic heterocycles. The fourth-order valence-electron chi connectivity index (χ4n) is 3.12. The molecule has 1 unspecified atom stereocenters. The highest BCUT2D eigenvalue weighted by atomic mass is 35.5. The Hall–Kier alpha value is -0.670. The van der Waals surface area contributed by atoms with Gasteiger partial charge in [0, 0.05) is 19.6 Å². The molecule has 0 aromatic carbocycles. The number of halogens is 1. The third kappa shape index (κ3) is 2.90. The molecule has 1 atom stereocenters. The van der Waals surface area contributed by atoms with Gasteiger partial charge in [0.15, 0.2) is 0 Å². The van der Waals surface area contributed by atoms with Crippen molar-refractivity contribution in [3.8, 4) is 0 Å². The van der Waals surface area contributed by atoms with Crippen LogP contribution in [0, 0.1) is 5.41 Å². The van der Waals surface area contributed by atoms with E-state index in [0.717, 1.165) is 37.3 Å². The van der Waals surface area contributed by atoms with E-state index in [-0.39, 0.29) is 27.6 Å². The summed E-state index contributed by atoms with van der Waals surface area (Å²) >= 11 is 1.10. The third-order valence-electron chi connectivity index (χ3n) is 4.35. The summed E-state index contributed by atoms with van der Waals surface area (Å²) in [6.07, 6.45) is 1.88. The largest absolute Gasteiger partial charge is 0.465 e. The number of esters is 1. The number of sulfonamides is 1. The van der Waals surface area contributed by atoms with E-state index in [1.807, 2.05) is 0 Å². The molecule has 0 radical (unpaired) electrons. The molecule has 0 amide bonds. The van der Waals surface area contributed by atoms with Gasteiger partial charge in [0.25, 0.3) is 0 Å². The highest BCUT2D eigenvalue weighted by molar-refractivity contribution is 7.89. The van der Waals surface area contributed by atoms with Crippen molar-refractivity contribution >= 4 is 39.7 Å². The standard InChI is InChI=1S/C13H18N2O4S2.ClH/c1-19-12(16)11-10(2-7-20-11)21(17,18)15-6-4-13(9-15)3-5-14-8-13;/h2,7,14H,3-6,8-9H2,1H3;1H. The molecule has 2 saturated heterocycles. The molecular weight excluding hydrogens is 348 g/mol. The number of hydrogen-bond acceptors (Lipinski definition) is 6. The van der Waals surface area contributed by atoms with E-state index in [9.17, 15) is 13.2 Å². The Bertz CT molecular complexity index is 653. The Labute approximate surface area is 140 Å². The molecule has 9 heteroatoms. The van der Waals surface area contributed by atoms with Gasteiger partial charge in [-0.1, -0.05) is 0 Å². The number of thiophene rings is 1. The van der Waals surface area contributed by atoms with Crippen LogP contribution < -0.4 is 5.32 Å². The second-order valence-electron chi connectivity index (χ2n) is 5.62. The van der Waals surface area contributed by atoms with Gasteiger partial charge in [0.1, 0.15) is 9.77 Å². The number of nitrogens with zero attached hydrogens (tertiary/aromatic N) is 1. The van der Waals surface area contributed by atoms with Crippen molar-refractivity contribution in [3.63, 3.8) is 0 Å². The van der Waals surface area contributed by atoms with Crippen LogP contribution in [0.1, 0.15) is 22.5 Å². The SMILES string of the molecule is COC(=O)c1sccc1S(=O)(=O)N1CCC2(CCNC2)C1.Cl. The van der Waals surface area contributed by atoms with Gasteiger partial charge < -0.3 is 10.1 Å². The second kappa shape index (κ2) is 6.45. The van der Waals surface area contributed by atoms with Gasteiger partial charge >= 0.3 is 5.97 Å². The van der Waals surface area contributed by atoms with E-state index in [1.54, 1.807) is 5.38 Å². The molecule has 6 nitrogen and oxygen atoms in total. The van der Waals surface area contributed by atoms with Crippen LogP contribution in [0.2, 0.25) is 0 Å². The first-order valence-corrected chi connectivity index (χ1v) is 9.17. The van der Waals surface area contributed by atoms with Crippen LogP contribution in [-0.2, 0) is 14.8 Å². The Morgan fingerprint density at radius 1 is 1.45 bits per heavy atom. The summed E-state index contributed by atoms with van der Waals surface area (Å²) in [5, 5.41) is 4.92. The molecule has 3 heterocycles. The molecule has 2 aliphatic heterocycles. The van der Waals surface area contributed by atoms with Crippen LogP contribution in [0.15, 0.2) is 16.3 Å². The minimum atomic E-state index is -3.63. The first kappa shape index (κ1) is 17.7. The van der Waals surface area contributed by atoms with Crippen LogP contribution in [0.5, 0.6) is 0 Å². The number of methoxy groups -OCH3 is 1. The molecule has 1 spiro atoms. The minimum absolute atomic E-state index is 0. The fraction of sp³-hybridized carbons (Fsp3) is 0.615. The van der Waals surface area contributed by atoms with Gasteiger partial charge in [0.05, 0.1) is 7.11 Å². The third-order valence-corrected chi connectivity index (χ3v) is 7.26. The second-order valence-corrected chi connectivity index (χ2v) is 8.44. The summed E-state index contributed by atoms with van der Waals surface area (Å²) in [6.45, 7) is 2.85. The number of hydrogen-bond donors (Lipinski definition) is 1. The molecule has 0 bridgehead atoms. The lowest BCUT2D eigenvalue weighted by Gasteiger charge is -2.22. The number of carbonyl (C=O) groups is 1. The van der Waals surface area contributed by atoms with Crippen molar-refractivity contribution < 1.29 is 17.9 Å². The monoisotopic (exact) mass is 366 g/mol. The number of carbonyl (C=O) groups excluding carboxylic acids is 1. The summed E-state index contributed by atoms with van der Waals surface area (Å²) in [6, 6.07) is 1.49. The average molecular weight is 367 g/mol. The molecule has 22 heavy (non-hydrogen) atoms. The predicted molar refractivity (Wildman–Crippen MR) is 86.2 cm³/mol. The van der Waals surface area contributed by atoms with Crippen molar-refractivity contribution in [1.82, 2.24) is 9.62 Å². The predicted octanol–water partition coefficient (Wildman–Crippen LogP) is 1.33. The van der Waals surface area contributed by atoms with E-state index in [1.165, 1.54) is 17.5 Å². The number of ether oxygens (including phenoxy) is 1. The molecular formula is C13H19ClN2O4S2.